The van der Waals surface area contributed by atoms with Gasteiger partial charge in [-0.3, -0.25) is 9.59 Å². The minimum absolute atomic E-state index is 0. The summed E-state index contributed by atoms with van der Waals surface area (Å²) in [7, 11) is 5.98. The van der Waals surface area contributed by atoms with E-state index in [9.17, 15) is 31.7 Å². The second kappa shape index (κ2) is 48.8. The molecule has 0 aliphatic heterocycles. The first-order valence-corrected chi connectivity index (χ1v) is 9.88. The summed E-state index contributed by atoms with van der Waals surface area (Å²) in [5.74, 6) is -3.11. The number of methoxy groups -OCH3 is 4. The molecule has 0 amide bonds. The molecule has 0 radical (unpaired) electrons. The maximum absolute atomic E-state index is 11.1. The molecule has 0 rings (SSSR count). The molecule has 0 aromatic carbocycles. The predicted molar refractivity (Wildman–Crippen MR) is 116 cm³/mol. The van der Waals surface area contributed by atoms with Gasteiger partial charge >= 0.3 is 18.1 Å². The Labute approximate surface area is 221 Å². The zero-order valence-electron chi connectivity index (χ0n) is 23.1. The van der Waals surface area contributed by atoms with Crippen LogP contribution in [-0.4, -0.2) is 118 Å². The number of alkyl halides is 4. The summed E-state index contributed by atoms with van der Waals surface area (Å²) < 4.78 is 106. The van der Waals surface area contributed by atoms with Gasteiger partial charge in [-0.05, 0) is 6.92 Å². The molecule has 0 atom stereocenters. The van der Waals surface area contributed by atoms with Crippen molar-refractivity contribution < 1.29 is 93.6 Å². The van der Waals surface area contributed by atoms with E-state index in [2.05, 4.69) is 33.2 Å². The van der Waals surface area contributed by atoms with Gasteiger partial charge in [-0.15, -0.1) is 0 Å². The number of Topliss-reactive ketones (excluding diaryl/α,β-unsaturated/α-hetero) is 1. The number of ketones is 1. The van der Waals surface area contributed by atoms with Crippen LogP contribution in [0.15, 0.2) is 0 Å². The monoisotopic (exact) mass is 873 g/mol. The van der Waals surface area contributed by atoms with Crippen molar-refractivity contribution in [3.63, 3.8) is 0 Å². The average molecular weight is 873 g/mol. The Kier molecular flexibility index (Phi) is 64.8. The van der Waals surface area contributed by atoms with E-state index < -0.39 is 18.8 Å². The van der Waals surface area contributed by atoms with Gasteiger partial charge in [0.15, 0.2) is 5.78 Å². The van der Waals surface area contributed by atoms with Gasteiger partial charge in [0.2, 0.25) is 0 Å². The zero-order valence-corrected chi connectivity index (χ0v) is 29.5. The molecule has 0 aliphatic rings. The third-order valence-electron chi connectivity index (χ3n) is 2.09. The molecule has 0 fully saturated rings. The molecule has 0 spiro atoms. The number of rotatable bonds is 14. The molecule has 0 aliphatic carbocycles. The summed E-state index contributed by atoms with van der Waals surface area (Å²) in [5, 5.41) is 7.65. The van der Waals surface area contributed by atoms with Crippen LogP contribution >= 0.6 is 0 Å². The number of halogens is 7. The first-order chi connectivity index (χ1) is 18.3. The van der Waals surface area contributed by atoms with Crippen LogP contribution in [0.3, 0.4) is 0 Å². The van der Waals surface area contributed by atoms with Crippen molar-refractivity contribution in [2.24, 2.45) is 0 Å². The van der Waals surface area contributed by atoms with Crippen LogP contribution in [-0.2, 0) is 57.2 Å². The van der Waals surface area contributed by atoms with Crippen LogP contribution in [0.25, 0.3) is 0 Å². The molecule has 0 aromatic heterocycles. The van der Waals surface area contributed by atoms with Gasteiger partial charge in [0, 0.05) is 49.0 Å². The zero-order chi connectivity index (χ0) is 32.0. The van der Waals surface area contributed by atoms with Crippen LogP contribution in [0.4, 0.5) is 31.2 Å². The largest absolute Gasteiger partial charge is 0.494 e. The molecule has 0 saturated carbocycles. The third-order valence-corrected chi connectivity index (χ3v) is 2.09. The van der Waals surface area contributed by atoms with E-state index in [1.54, 1.807) is 0 Å². The Morgan fingerprint density at radius 1 is 0.750 bits per heavy atom. The normalized spacial score (nSPS) is 8.95. The van der Waals surface area contributed by atoms with Gasteiger partial charge in [-0.25, -0.2) is 14.1 Å². The summed E-state index contributed by atoms with van der Waals surface area (Å²) >= 11 is 0. The van der Waals surface area contributed by atoms with Gasteiger partial charge in [-0.2, -0.15) is 13.2 Å². The van der Waals surface area contributed by atoms with Crippen molar-refractivity contribution in [2.75, 3.05) is 88.7 Å². The summed E-state index contributed by atoms with van der Waals surface area (Å²) in [6, 6.07) is 0. The topological polar surface area (TPSA) is 155 Å². The average Bonchev–Trinajstić information content (AvgIpc) is 2.90. The Bertz CT molecular complexity index is 490. The van der Waals surface area contributed by atoms with Crippen molar-refractivity contribution in [3.8, 4) is 0 Å². The number of aliphatic hydroxyl groups excluding tert-OH is 1. The van der Waals surface area contributed by atoms with E-state index in [1.165, 1.54) is 42.3 Å². The summed E-state index contributed by atoms with van der Waals surface area (Å²) in [6.45, 7) is 3.77. The fraction of sp³-hybridized carbons (Fsp3) is 0.842. The maximum Gasteiger partial charge on any atom is 0.494 e. The molecule has 242 valence electrons. The number of ether oxygens (including phenoxy) is 8. The minimum atomic E-state index is -5.23. The number of hydrogen-bond acceptors (Lipinski definition) is 13. The smallest absolute Gasteiger partial charge is 0.463 e. The van der Waals surface area contributed by atoms with Gasteiger partial charge in [-0.1, -0.05) is 0 Å². The van der Waals surface area contributed by atoms with Gasteiger partial charge in [0.1, 0.15) is 47.1 Å². The quantitative estimate of drug-likeness (QED) is 0.118. The molecule has 21 heteroatoms. The van der Waals surface area contributed by atoms with Crippen molar-refractivity contribution >= 4 is 17.7 Å². The second-order valence-corrected chi connectivity index (χ2v) is 5.40. The predicted octanol–water partition coefficient (Wildman–Crippen LogP) is 2.34. The van der Waals surface area contributed by atoms with Crippen molar-refractivity contribution in [3.05, 3.63) is 0 Å². The molecule has 0 bridgehead atoms. The Morgan fingerprint density at radius 2 is 1.15 bits per heavy atom. The summed E-state index contributed by atoms with van der Waals surface area (Å²) in [5.41, 5.74) is 0. The van der Waals surface area contributed by atoms with Crippen molar-refractivity contribution in [1.82, 2.24) is 0 Å². The van der Waals surface area contributed by atoms with Crippen LogP contribution in [0, 0.1) is 0 Å². The Hall–Kier alpha value is -3.20. The van der Waals surface area contributed by atoms with Crippen LogP contribution in [0.2, 0.25) is 0 Å². The molecule has 0 aromatic rings. The maximum atomic E-state index is 11.1. The molecular weight excluding hydrogens is 836 g/mol. The van der Waals surface area contributed by atoms with E-state index in [1.807, 2.05) is 4.94 Å². The third kappa shape index (κ3) is 83.7. The summed E-state index contributed by atoms with van der Waals surface area (Å²) in [6.07, 6.45) is -5.23. The number of esters is 1. The van der Waals surface area contributed by atoms with Crippen molar-refractivity contribution in [1.29, 1.82) is 0 Å². The van der Waals surface area contributed by atoms with Gasteiger partial charge in [0.05, 0.1) is 13.2 Å². The number of hydrogen-bond donors (Lipinski definition) is 1. The Balaban J connectivity index is -0.0000000679. The van der Waals surface area contributed by atoms with E-state index >= 15 is 0 Å². The number of carbonyl (C=O) groups excluding carboxylic acids is 3. The van der Waals surface area contributed by atoms with E-state index in [0.717, 1.165) is 0 Å². The van der Waals surface area contributed by atoms with E-state index in [0.29, 0.717) is 13.2 Å². The number of carbonyl (C=O) groups is 3. The molecule has 0 saturated heterocycles. The number of aliphatic hydroxyl groups is 1. The van der Waals surface area contributed by atoms with Crippen LogP contribution in [0.5, 0.6) is 0 Å². The van der Waals surface area contributed by atoms with Gasteiger partial charge < -0.3 is 43.0 Å². The molecular formula is C19H37F7O13Rf. The SMILES string of the molecule is COCO.COCOCC(C)=O.COCOCCF.COCOCCOC(C)=O.FF.O=C(OF)C(F)(F)F.[Rf]. The molecule has 0 heterocycles. The molecule has 0 unspecified atom stereocenters. The first-order valence-electron chi connectivity index (χ1n) is 9.88. The standard InChI is InChI=1S/C6H12O4.C5H10O3.C4H9FO2.C2F4O2.C2H6O2.F2.Rf/c1-6(7)10-4-3-9-5-8-2;1-5(6)3-8-4-7-2;1-6-4-7-3-2-5;3-2(4,5)1(7)8-6;1-4-2-3;1-2;/h3-5H2,1-2H3;3-4H2,1-2H3;2-4H2,1H3;;3H,2H2,1H3;;. The first kappa shape index (κ1) is 53.1. The van der Waals surface area contributed by atoms with E-state index in [-0.39, 0.29) is 52.1 Å². The van der Waals surface area contributed by atoms with Gasteiger partial charge in [0.25, 0.3) is 0 Å². The fourth-order valence-corrected chi connectivity index (χ4v) is 0.896. The van der Waals surface area contributed by atoms with Crippen molar-refractivity contribution in [2.45, 2.75) is 20.0 Å². The minimum Gasteiger partial charge on any atom is -0.463 e. The second-order valence-electron chi connectivity index (χ2n) is 5.40. The van der Waals surface area contributed by atoms with E-state index in [4.69, 9.17) is 23.8 Å². The fourth-order valence-electron chi connectivity index (χ4n) is 0.896. The summed E-state index contributed by atoms with van der Waals surface area (Å²) in [4.78, 5) is 31.3. The molecule has 40 heavy (non-hydrogen) atoms. The molecule has 1 N–H and O–H groups in total. The van der Waals surface area contributed by atoms with Crippen LogP contribution in [0.1, 0.15) is 13.8 Å². The molecule has 13 nitrogen and oxygen atoms in total. The van der Waals surface area contributed by atoms with Crippen LogP contribution < -0.4 is 0 Å². The Morgan fingerprint density at radius 3 is 1.40 bits per heavy atom.